The molecule has 0 aliphatic carbocycles. The minimum Gasteiger partial charge on any atom is -0.395 e. The van der Waals surface area contributed by atoms with E-state index in [1.807, 2.05) is 0 Å². The molecule has 0 aromatic heterocycles. The monoisotopic (exact) mass is 170 g/mol. The van der Waals surface area contributed by atoms with Crippen LogP contribution in [-0.2, 0) is 4.74 Å². The molecule has 68 valence electrons. The lowest BCUT2D eigenvalue weighted by atomic mass is 10.0. The first-order valence-corrected chi connectivity index (χ1v) is 4.20. The summed E-state index contributed by atoms with van der Waals surface area (Å²) in [6.07, 6.45) is 0.941. The summed E-state index contributed by atoms with van der Waals surface area (Å²) in [6.45, 7) is 1.97. The lowest BCUT2D eigenvalue weighted by Gasteiger charge is -2.15. The van der Waals surface area contributed by atoms with Gasteiger partial charge in [0.2, 0.25) is 0 Å². The minimum absolute atomic E-state index is 0.0752. The fraction of sp³-hybridized carbons (Fsp3) is 0.875. The van der Waals surface area contributed by atoms with Gasteiger partial charge in [0.15, 0.2) is 0 Å². The highest BCUT2D eigenvalue weighted by Gasteiger charge is 2.24. The van der Waals surface area contributed by atoms with Gasteiger partial charge < -0.3 is 9.84 Å². The van der Waals surface area contributed by atoms with Gasteiger partial charge in [-0.2, -0.15) is 5.26 Å². The lowest BCUT2D eigenvalue weighted by molar-refractivity contribution is 0.180. The Morgan fingerprint density at radius 1 is 1.75 bits per heavy atom. The maximum Gasteiger partial charge on any atom is 0.100 e. The lowest BCUT2D eigenvalue weighted by Crippen LogP contribution is -2.36. The smallest absolute Gasteiger partial charge is 0.100 e. The van der Waals surface area contributed by atoms with Crippen LogP contribution in [0.15, 0.2) is 0 Å². The third kappa shape index (κ3) is 2.45. The molecule has 1 rings (SSSR count). The van der Waals surface area contributed by atoms with Crippen molar-refractivity contribution >= 4 is 0 Å². The first-order valence-electron chi connectivity index (χ1n) is 4.20. The topological polar surface area (TPSA) is 65.3 Å². The van der Waals surface area contributed by atoms with Crippen molar-refractivity contribution in [3.63, 3.8) is 0 Å². The third-order valence-corrected chi connectivity index (χ3v) is 2.05. The molecule has 1 fully saturated rings. The number of hydrogen-bond acceptors (Lipinski definition) is 4. The van der Waals surface area contributed by atoms with Gasteiger partial charge in [-0.15, -0.1) is 0 Å². The van der Waals surface area contributed by atoms with E-state index in [-0.39, 0.29) is 12.6 Å². The Bertz CT molecular complexity index is 161. The summed E-state index contributed by atoms with van der Waals surface area (Å²) in [5.41, 5.74) is 0. The quantitative estimate of drug-likeness (QED) is 0.597. The Morgan fingerprint density at radius 3 is 3.08 bits per heavy atom. The van der Waals surface area contributed by atoms with Crippen LogP contribution in [0.4, 0.5) is 0 Å². The summed E-state index contributed by atoms with van der Waals surface area (Å²) in [7, 11) is 0. The van der Waals surface area contributed by atoms with Gasteiger partial charge in [-0.1, -0.05) is 0 Å². The predicted octanol–water partition coefficient (Wildman–Crippen LogP) is -0.503. The molecule has 0 aromatic carbocycles. The molecular weight excluding hydrogens is 156 g/mol. The Morgan fingerprint density at radius 2 is 2.58 bits per heavy atom. The molecule has 0 spiro atoms. The molecule has 2 unspecified atom stereocenters. The number of rotatable bonds is 4. The average molecular weight is 170 g/mol. The maximum absolute atomic E-state index is 8.76. The molecule has 1 heterocycles. The molecule has 2 atom stereocenters. The fourth-order valence-corrected chi connectivity index (χ4v) is 1.35. The van der Waals surface area contributed by atoms with Crippen molar-refractivity contribution in [2.75, 3.05) is 26.4 Å². The first-order chi connectivity index (χ1) is 5.88. The molecule has 12 heavy (non-hydrogen) atoms. The summed E-state index contributed by atoms with van der Waals surface area (Å²) in [6, 6.07) is 2.01. The van der Waals surface area contributed by atoms with Crippen LogP contribution in [0.5, 0.6) is 0 Å². The van der Waals surface area contributed by atoms with E-state index in [9.17, 15) is 0 Å². The van der Waals surface area contributed by atoms with Crippen molar-refractivity contribution in [3.05, 3.63) is 0 Å². The molecular formula is C8H14N2O2. The van der Waals surface area contributed by atoms with Gasteiger partial charge in [0.05, 0.1) is 19.3 Å². The standard InChI is InChI=1S/C8H14N2O2/c9-5-8(10-2-3-11)7-1-4-12-6-7/h7-8,10-11H,1-4,6H2. The molecule has 1 aliphatic rings. The van der Waals surface area contributed by atoms with Crippen LogP contribution in [-0.4, -0.2) is 37.5 Å². The van der Waals surface area contributed by atoms with E-state index < -0.39 is 0 Å². The fourth-order valence-electron chi connectivity index (χ4n) is 1.35. The zero-order chi connectivity index (χ0) is 8.81. The van der Waals surface area contributed by atoms with Crippen molar-refractivity contribution in [2.24, 2.45) is 5.92 Å². The van der Waals surface area contributed by atoms with Gasteiger partial charge >= 0.3 is 0 Å². The van der Waals surface area contributed by atoms with E-state index in [1.165, 1.54) is 0 Å². The Labute approximate surface area is 72.1 Å². The molecule has 4 heteroatoms. The van der Waals surface area contributed by atoms with E-state index in [0.717, 1.165) is 13.0 Å². The van der Waals surface area contributed by atoms with E-state index in [4.69, 9.17) is 15.1 Å². The van der Waals surface area contributed by atoms with Crippen molar-refractivity contribution in [2.45, 2.75) is 12.5 Å². The molecule has 1 aliphatic heterocycles. The number of aliphatic hydroxyl groups is 1. The largest absolute Gasteiger partial charge is 0.395 e. The van der Waals surface area contributed by atoms with Gasteiger partial charge in [-0.3, -0.25) is 5.32 Å². The van der Waals surface area contributed by atoms with Crippen molar-refractivity contribution < 1.29 is 9.84 Å². The second-order valence-corrected chi connectivity index (χ2v) is 2.91. The van der Waals surface area contributed by atoms with Crippen molar-refractivity contribution in [1.29, 1.82) is 5.26 Å². The zero-order valence-electron chi connectivity index (χ0n) is 6.99. The number of hydrogen-bond donors (Lipinski definition) is 2. The predicted molar refractivity (Wildman–Crippen MR) is 43.4 cm³/mol. The molecule has 0 radical (unpaired) electrons. The van der Waals surface area contributed by atoms with E-state index in [0.29, 0.717) is 19.1 Å². The average Bonchev–Trinajstić information content (AvgIpc) is 2.59. The highest BCUT2D eigenvalue weighted by molar-refractivity contribution is 4.95. The summed E-state index contributed by atoms with van der Waals surface area (Å²) in [4.78, 5) is 0. The summed E-state index contributed by atoms with van der Waals surface area (Å²) < 4.78 is 5.17. The highest BCUT2D eigenvalue weighted by Crippen LogP contribution is 2.15. The molecule has 2 N–H and O–H groups in total. The molecule has 1 saturated heterocycles. The van der Waals surface area contributed by atoms with E-state index in [1.54, 1.807) is 0 Å². The Kier molecular flexibility index (Phi) is 4.01. The molecule has 0 aromatic rings. The molecule has 0 bridgehead atoms. The summed E-state index contributed by atoms with van der Waals surface area (Å²) in [5, 5.41) is 20.3. The first kappa shape index (κ1) is 9.46. The number of ether oxygens (including phenoxy) is 1. The van der Waals surface area contributed by atoms with Crippen LogP contribution in [0.1, 0.15) is 6.42 Å². The van der Waals surface area contributed by atoms with Crippen molar-refractivity contribution in [1.82, 2.24) is 5.32 Å². The second-order valence-electron chi connectivity index (χ2n) is 2.91. The van der Waals surface area contributed by atoms with Crippen LogP contribution in [0.3, 0.4) is 0 Å². The third-order valence-electron chi connectivity index (χ3n) is 2.05. The van der Waals surface area contributed by atoms with Crippen LogP contribution in [0, 0.1) is 17.2 Å². The van der Waals surface area contributed by atoms with Crippen LogP contribution in [0.2, 0.25) is 0 Å². The maximum atomic E-state index is 8.76. The van der Waals surface area contributed by atoms with Crippen LogP contribution >= 0.6 is 0 Å². The summed E-state index contributed by atoms with van der Waals surface area (Å²) in [5.74, 6) is 0.293. The number of nitrogens with zero attached hydrogens (tertiary/aromatic N) is 1. The Hall–Kier alpha value is -0.630. The molecule has 0 amide bonds. The van der Waals surface area contributed by atoms with Gasteiger partial charge in [0.1, 0.15) is 6.04 Å². The normalized spacial score (nSPS) is 25.2. The molecule has 4 nitrogen and oxygen atoms in total. The number of aliphatic hydroxyl groups excluding tert-OH is 1. The van der Waals surface area contributed by atoms with Gasteiger partial charge in [0.25, 0.3) is 0 Å². The zero-order valence-corrected chi connectivity index (χ0v) is 6.99. The SMILES string of the molecule is N#CC(NCCO)C1CCOC1. The van der Waals surface area contributed by atoms with E-state index >= 15 is 0 Å². The number of nitriles is 1. The Balaban J connectivity index is 2.29. The molecule has 0 saturated carbocycles. The van der Waals surface area contributed by atoms with Gasteiger partial charge in [0, 0.05) is 19.1 Å². The van der Waals surface area contributed by atoms with Crippen LogP contribution < -0.4 is 5.32 Å². The minimum atomic E-state index is -0.167. The van der Waals surface area contributed by atoms with E-state index in [2.05, 4.69) is 11.4 Å². The van der Waals surface area contributed by atoms with Gasteiger partial charge in [-0.05, 0) is 6.42 Å². The van der Waals surface area contributed by atoms with Gasteiger partial charge in [-0.25, -0.2) is 0 Å². The highest BCUT2D eigenvalue weighted by atomic mass is 16.5. The van der Waals surface area contributed by atoms with Crippen molar-refractivity contribution in [3.8, 4) is 6.07 Å². The number of nitrogens with one attached hydrogen (secondary N) is 1. The second kappa shape index (κ2) is 5.09. The summed E-state index contributed by atoms with van der Waals surface area (Å²) >= 11 is 0. The van der Waals surface area contributed by atoms with Crippen LogP contribution in [0.25, 0.3) is 0 Å².